The van der Waals surface area contributed by atoms with Gasteiger partial charge >= 0.3 is 0 Å². The first kappa shape index (κ1) is 9.52. The molecule has 0 spiro atoms. The molecule has 0 saturated carbocycles. The van der Waals surface area contributed by atoms with Crippen LogP contribution in [0.2, 0.25) is 0 Å². The maximum absolute atomic E-state index is 5.51. The minimum Gasteiger partial charge on any atom is -0.338 e. The summed E-state index contributed by atoms with van der Waals surface area (Å²) in [5, 5.41) is 3.79. The molecule has 3 nitrogen and oxygen atoms in total. The molecular weight excluding hydrogens is 176 g/mol. The lowest BCUT2D eigenvalue weighted by molar-refractivity contribution is 0.383. The first-order chi connectivity index (χ1) is 5.86. The van der Waals surface area contributed by atoms with Crippen molar-refractivity contribution < 1.29 is 4.52 Å². The van der Waals surface area contributed by atoms with Gasteiger partial charge in [0.2, 0.25) is 5.89 Å². The molecule has 68 valence electrons. The molecule has 4 heteroatoms. The molecular formula is C8H13ClN2O. The number of hydrogen-bond acceptors (Lipinski definition) is 3. The third-order valence-corrected chi connectivity index (χ3v) is 1.86. The second-order valence-electron chi connectivity index (χ2n) is 2.70. The minimum atomic E-state index is 0.306. The lowest BCUT2D eigenvalue weighted by atomic mass is 10.2. The second kappa shape index (κ2) is 5.14. The maximum Gasteiger partial charge on any atom is 0.241 e. The largest absolute Gasteiger partial charge is 0.338 e. The number of hydrogen-bond donors (Lipinski definition) is 0. The van der Waals surface area contributed by atoms with Crippen LogP contribution < -0.4 is 0 Å². The van der Waals surface area contributed by atoms with E-state index in [9.17, 15) is 0 Å². The summed E-state index contributed by atoms with van der Waals surface area (Å²) in [6.07, 6.45) is 4.44. The molecule has 0 N–H and O–H groups in total. The molecule has 12 heavy (non-hydrogen) atoms. The molecule has 0 atom stereocenters. The summed E-state index contributed by atoms with van der Waals surface area (Å²) in [6, 6.07) is 0. The maximum atomic E-state index is 5.51. The summed E-state index contributed by atoms with van der Waals surface area (Å²) >= 11 is 5.51. The molecule has 0 aliphatic rings. The Labute approximate surface area is 77.1 Å². The van der Waals surface area contributed by atoms with Crippen molar-refractivity contribution in [1.29, 1.82) is 0 Å². The first-order valence-electron chi connectivity index (χ1n) is 4.24. The van der Waals surface area contributed by atoms with E-state index in [4.69, 9.17) is 16.1 Å². The fourth-order valence-corrected chi connectivity index (χ4v) is 1.09. The smallest absolute Gasteiger partial charge is 0.241 e. The zero-order chi connectivity index (χ0) is 8.81. The van der Waals surface area contributed by atoms with Crippen molar-refractivity contribution >= 4 is 11.6 Å². The van der Waals surface area contributed by atoms with E-state index >= 15 is 0 Å². The molecule has 0 amide bonds. The SMILES string of the molecule is CCCCCc1noc(CCl)n1. The van der Waals surface area contributed by atoms with Crippen LogP contribution in [0, 0.1) is 0 Å². The van der Waals surface area contributed by atoms with E-state index < -0.39 is 0 Å². The van der Waals surface area contributed by atoms with Gasteiger partial charge in [-0.1, -0.05) is 24.9 Å². The Hall–Kier alpha value is -0.570. The van der Waals surface area contributed by atoms with Gasteiger partial charge in [-0.3, -0.25) is 0 Å². The van der Waals surface area contributed by atoms with Gasteiger partial charge in [0.15, 0.2) is 5.82 Å². The average Bonchev–Trinajstić information content (AvgIpc) is 2.53. The monoisotopic (exact) mass is 188 g/mol. The van der Waals surface area contributed by atoms with E-state index in [0.717, 1.165) is 18.7 Å². The molecule has 0 bridgehead atoms. The summed E-state index contributed by atoms with van der Waals surface area (Å²) in [5.74, 6) is 1.60. The Balaban J connectivity index is 2.31. The molecule has 0 aliphatic heterocycles. The van der Waals surface area contributed by atoms with Gasteiger partial charge in [0.25, 0.3) is 0 Å². The van der Waals surface area contributed by atoms with Gasteiger partial charge in [0.05, 0.1) is 0 Å². The van der Waals surface area contributed by atoms with Crippen LogP contribution in [0.15, 0.2) is 4.52 Å². The topological polar surface area (TPSA) is 38.9 Å². The normalized spacial score (nSPS) is 10.5. The van der Waals surface area contributed by atoms with Crippen LogP contribution in [0.25, 0.3) is 0 Å². The van der Waals surface area contributed by atoms with Crippen LogP contribution >= 0.6 is 11.6 Å². The number of aromatic nitrogens is 2. The number of nitrogens with zero attached hydrogens (tertiary/aromatic N) is 2. The predicted molar refractivity (Wildman–Crippen MR) is 47.1 cm³/mol. The highest BCUT2D eigenvalue weighted by Crippen LogP contribution is 2.05. The van der Waals surface area contributed by atoms with Crippen molar-refractivity contribution in [3.05, 3.63) is 11.7 Å². The summed E-state index contributed by atoms with van der Waals surface area (Å²) in [7, 11) is 0. The molecule has 0 aromatic carbocycles. The molecule has 0 radical (unpaired) electrons. The van der Waals surface area contributed by atoms with Crippen LogP contribution in [0.3, 0.4) is 0 Å². The quantitative estimate of drug-likeness (QED) is 0.527. The van der Waals surface area contributed by atoms with Crippen LogP contribution in [-0.4, -0.2) is 10.1 Å². The Morgan fingerprint density at radius 1 is 1.42 bits per heavy atom. The van der Waals surface area contributed by atoms with E-state index in [0.29, 0.717) is 11.8 Å². The highest BCUT2D eigenvalue weighted by atomic mass is 35.5. The van der Waals surface area contributed by atoms with Crippen molar-refractivity contribution in [2.24, 2.45) is 0 Å². The zero-order valence-corrected chi connectivity index (χ0v) is 7.97. The second-order valence-corrected chi connectivity index (χ2v) is 2.96. The van der Waals surface area contributed by atoms with Crippen molar-refractivity contribution in [1.82, 2.24) is 10.1 Å². The number of rotatable bonds is 5. The molecule has 1 rings (SSSR count). The van der Waals surface area contributed by atoms with Crippen LogP contribution in [0.5, 0.6) is 0 Å². The molecule has 1 aromatic rings. The summed E-state index contributed by atoms with van der Waals surface area (Å²) in [5.41, 5.74) is 0. The number of unbranched alkanes of at least 4 members (excludes halogenated alkanes) is 2. The summed E-state index contributed by atoms with van der Waals surface area (Å²) in [4.78, 5) is 4.09. The van der Waals surface area contributed by atoms with Crippen molar-refractivity contribution in [2.45, 2.75) is 38.5 Å². The number of halogens is 1. The molecule has 1 aromatic heterocycles. The van der Waals surface area contributed by atoms with Gasteiger partial charge in [-0.15, -0.1) is 11.6 Å². The van der Waals surface area contributed by atoms with Crippen LogP contribution in [0.4, 0.5) is 0 Å². The number of alkyl halides is 1. The van der Waals surface area contributed by atoms with Gasteiger partial charge < -0.3 is 4.52 Å². The highest BCUT2D eigenvalue weighted by Gasteiger charge is 2.03. The Kier molecular flexibility index (Phi) is 4.08. The van der Waals surface area contributed by atoms with Gasteiger partial charge in [-0.25, -0.2) is 0 Å². The van der Waals surface area contributed by atoms with Crippen molar-refractivity contribution in [3.8, 4) is 0 Å². The first-order valence-corrected chi connectivity index (χ1v) is 4.77. The molecule has 0 saturated heterocycles. The summed E-state index contributed by atoms with van der Waals surface area (Å²) in [6.45, 7) is 2.17. The van der Waals surface area contributed by atoms with E-state index in [1.54, 1.807) is 0 Å². The van der Waals surface area contributed by atoms with Crippen LogP contribution in [0.1, 0.15) is 37.9 Å². The fourth-order valence-electron chi connectivity index (χ4n) is 0.979. The van der Waals surface area contributed by atoms with Gasteiger partial charge in [0.1, 0.15) is 5.88 Å². The minimum absolute atomic E-state index is 0.306. The average molecular weight is 189 g/mol. The Bertz CT molecular complexity index is 225. The molecule has 1 heterocycles. The van der Waals surface area contributed by atoms with Crippen molar-refractivity contribution in [2.75, 3.05) is 0 Å². The third kappa shape index (κ3) is 2.81. The molecule has 0 aliphatic carbocycles. The standard InChI is InChI=1S/C8H13ClN2O/c1-2-3-4-5-7-10-8(6-9)12-11-7/h2-6H2,1H3. The lowest BCUT2D eigenvalue weighted by Crippen LogP contribution is -1.88. The Morgan fingerprint density at radius 3 is 2.83 bits per heavy atom. The van der Waals surface area contributed by atoms with Gasteiger partial charge in [-0.05, 0) is 6.42 Å². The molecule has 0 fully saturated rings. The summed E-state index contributed by atoms with van der Waals surface area (Å²) < 4.78 is 4.85. The zero-order valence-electron chi connectivity index (χ0n) is 7.22. The van der Waals surface area contributed by atoms with Gasteiger partial charge in [0, 0.05) is 6.42 Å². The fraction of sp³-hybridized carbons (Fsp3) is 0.750. The molecule has 0 unspecified atom stereocenters. The van der Waals surface area contributed by atoms with E-state index in [1.807, 2.05) is 0 Å². The van der Waals surface area contributed by atoms with E-state index in [-0.39, 0.29) is 0 Å². The van der Waals surface area contributed by atoms with Crippen molar-refractivity contribution in [3.63, 3.8) is 0 Å². The number of aryl methyl sites for hydroxylation is 1. The van der Waals surface area contributed by atoms with Crippen LogP contribution in [-0.2, 0) is 12.3 Å². The third-order valence-electron chi connectivity index (χ3n) is 1.63. The van der Waals surface area contributed by atoms with E-state index in [2.05, 4.69) is 17.1 Å². The predicted octanol–water partition coefficient (Wildman–Crippen LogP) is 2.54. The van der Waals surface area contributed by atoms with Gasteiger partial charge in [-0.2, -0.15) is 4.98 Å². The lowest BCUT2D eigenvalue weighted by Gasteiger charge is -1.90. The Morgan fingerprint density at radius 2 is 2.25 bits per heavy atom. The van der Waals surface area contributed by atoms with E-state index in [1.165, 1.54) is 12.8 Å². The highest BCUT2D eigenvalue weighted by molar-refractivity contribution is 6.16.